The first-order valence-corrected chi connectivity index (χ1v) is 4.17. The molecule has 0 amide bonds. The van der Waals surface area contributed by atoms with Crippen molar-refractivity contribution in [2.45, 2.75) is 0 Å². The third kappa shape index (κ3) is 1.33. The third-order valence-electron chi connectivity index (χ3n) is 1.88. The molecule has 1 aromatic heterocycles. The molecular weight excluding hydrogens is 209 g/mol. The van der Waals surface area contributed by atoms with Crippen LogP contribution in [0, 0.1) is 5.82 Å². The number of hydrogen-bond donors (Lipinski definition) is 2. The van der Waals surface area contributed by atoms with Crippen molar-refractivity contribution in [3.05, 3.63) is 34.7 Å². The second kappa shape index (κ2) is 2.99. The van der Waals surface area contributed by atoms with Gasteiger partial charge >= 0.3 is 5.97 Å². The molecule has 0 saturated heterocycles. The summed E-state index contributed by atoms with van der Waals surface area (Å²) in [6, 6.07) is 3.86. The van der Waals surface area contributed by atoms with E-state index < -0.39 is 11.8 Å². The lowest BCUT2D eigenvalue weighted by molar-refractivity contribution is 0.0691. The molecule has 0 unspecified atom stereocenters. The number of hydrogen-bond acceptors (Lipinski definition) is 1. The van der Waals surface area contributed by atoms with Gasteiger partial charge in [0.2, 0.25) is 0 Å². The Bertz CT molecular complexity index is 521. The van der Waals surface area contributed by atoms with Crippen LogP contribution in [0.2, 0.25) is 5.02 Å². The first-order chi connectivity index (χ1) is 6.58. The summed E-state index contributed by atoms with van der Waals surface area (Å²) in [5.74, 6) is -1.66. The van der Waals surface area contributed by atoms with E-state index in [1.54, 1.807) is 0 Å². The summed E-state index contributed by atoms with van der Waals surface area (Å²) in [5.41, 5.74) is 0.327. The van der Waals surface area contributed by atoms with Crippen LogP contribution in [0.4, 0.5) is 4.39 Å². The van der Waals surface area contributed by atoms with Crippen LogP contribution in [0.3, 0.4) is 0 Å². The molecule has 2 rings (SSSR count). The summed E-state index contributed by atoms with van der Waals surface area (Å²) in [6.07, 6.45) is 0. The zero-order valence-electron chi connectivity index (χ0n) is 6.84. The summed E-state index contributed by atoms with van der Waals surface area (Å²) < 4.78 is 13.2. The Morgan fingerprint density at radius 3 is 2.79 bits per heavy atom. The molecule has 0 aliphatic rings. The Balaban J connectivity index is 2.76. The predicted molar refractivity (Wildman–Crippen MR) is 50.2 cm³/mol. The number of aromatic amines is 1. The predicted octanol–water partition coefficient (Wildman–Crippen LogP) is 2.66. The van der Waals surface area contributed by atoms with E-state index in [1.807, 2.05) is 0 Å². The Morgan fingerprint density at radius 1 is 1.43 bits per heavy atom. The van der Waals surface area contributed by atoms with Gasteiger partial charge in [-0.2, -0.15) is 0 Å². The van der Waals surface area contributed by atoms with Crippen molar-refractivity contribution in [3.63, 3.8) is 0 Å². The Labute approximate surface area is 83.1 Å². The minimum absolute atomic E-state index is 0.0545. The number of fused-ring (bicyclic) bond motifs is 1. The molecule has 2 N–H and O–H groups in total. The number of aromatic nitrogens is 1. The fourth-order valence-electron chi connectivity index (χ4n) is 1.28. The topological polar surface area (TPSA) is 53.1 Å². The zero-order valence-corrected chi connectivity index (χ0v) is 7.60. The molecule has 1 aromatic carbocycles. The molecular formula is C9H5ClFNO2. The molecule has 3 nitrogen and oxygen atoms in total. The van der Waals surface area contributed by atoms with Crippen molar-refractivity contribution in [2.75, 3.05) is 0 Å². The summed E-state index contributed by atoms with van der Waals surface area (Å²) >= 11 is 5.61. The average molecular weight is 214 g/mol. The first kappa shape index (κ1) is 9.02. The quantitative estimate of drug-likeness (QED) is 0.765. The Morgan fingerprint density at radius 2 is 2.14 bits per heavy atom. The molecule has 5 heteroatoms. The fraction of sp³-hybridized carbons (Fsp3) is 0. The average Bonchev–Trinajstić information content (AvgIpc) is 2.47. The third-order valence-corrected chi connectivity index (χ3v) is 2.10. The minimum atomic E-state index is -1.13. The van der Waals surface area contributed by atoms with Gasteiger partial charge < -0.3 is 10.1 Å². The SMILES string of the molecule is O=C(O)c1cc2c(F)cc(Cl)cc2[nH]1. The maximum absolute atomic E-state index is 13.2. The number of H-pyrrole nitrogens is 1. The van der Waals surface area contributed by atoms with Crippen LogP contribution in [0.25, 0.3) is 10.9 Å². The molecule has 0 spiro atoms. The second-order valence-corrected chi connectivity index (χ2v) is 3.27. The van der Waals surface area contributed by atoms with Gasteiger partial charge in [-0.05, 0) is 18.2 Å². The number of carboxylic acid groups (broad SMARTS) is 1. The number of nitrogens with one attached hydrogen (secondary N) is 1. The highest BCUT2D eigenvalue weighted by Crippen LogP contribution is 2.23. The van der Waals surface area contributed by atoms with Crippen LogP contribution in [0.5, 0.6) is 0 Å². The van der Waals surface area contributed by atoms with Gasteiger partial charge in [-0.15, -0.1) is 0 Å². The maximum Gasteiger partial charge on any atom is 0.352 e. The van der Waals surface area contributed by atoms with Crippen LogP contribution >= 0.6 is 11.6 Å². The number of carboxylic acids is 1. The highest BCUT2D eigenvalue weighted by atomic mass is 35.5. The van der Waals surface area contributed by atoms with Crippen LogP contribution in [-0.2, 0) is 0 Å². The van der Waals surface area contributed by atoms with E-state index in [9.17, 15) is 9.18 Å². The first-order valence-electron chi connectivity index (χ1n) is 3.79. The van der Waals surface area contributed by atoms with Gasteiger partial charge in [0.1, 0.15) is 11.5 Å². The second-order valence-electron chi connectivity index (χ2n) is 2.84. The smallest absolute Gasteiger partial charge is 0.352 e. The molecule has 0 atom stereocenters. The van der Waals surface area contributed by atoms with Crippen molar-refractivity contribution in [1.29, 1.82) is 0 Å². The lowest BCUT2D eigenvalue weighted by Crippen LogP contribution is -1.94. The van der Waals surface area contributed by atoms with Crippen molar-refractivity contribution >= 4 is 28.5 Å². The molecule has 0 aliphatic carbocycles. The lowest BCUT2D eigenvalue weighted by atomic mass is 10.2. The largest absolute Gasteiger partial charge is 0.477 e. The van der Waals surface area contributed by atoms with Gasteiger partial charge in [0.05, 0.1) is 5.52 Å². The van der Waals surface area contributed by atoms with E-state index in [1.165, 1.54) is 12.1 Å². The van der Waals surface area contributed by atoms with Gasteiger partial charge in [-0.1, -0.05) is 11.6 Å². The van der Waals surface area contributed by atoms with Gasteiger partial charge in [-0.25, -0.2) is 9.18 Å². The Kier molecular flexibility index (Phi) is 1.93. The van der Waals surface area contributed by atoms with Crippen LogP contribution < -0.4 is 0 Å². The highest BCUT2D eigenvalue weighted by molar-refractivity contribution is 6.31. The molecule has 0 aliphatic heterocycles. The van der Waals surface area contributed by atoms with Crippen molar-refractivity contribution in [2.24, 2.45) is 0 Å². The minimum Gasteiger partial charge on any atom is -0.477 e. The van der Waals surface area contributed by atoms with Crippen molar-refractivity contribution < 1.29 is 14.3 Å². The summed E-state index contributed by atoms with van der Waals surface area (Å²) in [7, 11) is 0. The number of rotatable bonds is 1. The van der Waals surface area contributed by atoms with E-state index >= 15 is 0 Å². The molecule has 72 valence electrons. The van der Waals surface area contributed by atoms with Crippen molar-refractivity contribution in [3.8, 4) is 0 Å². The number of carbonyl (C=O) groups is 1. The van der Waals surface area contributed by atoms with E-state index in [0.717, 1.165) is 6.07 Å². The van der Waals surface area contributed by atoms with E-state index in [2.05, 4.69) is 4.98 Å². The monoisotopic (exact) mass is 213 g/mol. The highest BCUT2D eigenvalue weighted by Gasteiger charge is 2.10. The van der Waals surface area contributed by atoms with Gasteiger partial charge in [0, 0.05) is 10.4 Å². The molecule has 14 heavy (non-hydrogen) atoms. The standard InChI is InChI=1S/C9H5ClFNO2/c10-4-1-6(11)5-3-8(9(13)14)12-7(5)2-4/h1-3,12H,(H,13,14). The summed E-state index contributed by atoms with van der Waals surface area (Å²) in [4.78, 5) is 13.1. The van der Waals surface area contributed by atoms with Crippen LogP contribution in [-0.4, -0.2) is 16.1 Å². The summed E-state index contributed by atoms with van der Waals surface area (Å²) in [6.45, 7) is 0. The maximum atomic E-state index is 13.2. The number of aromatic carboxylic acids is 1. The number of benzene rings is 1. The molecule has 0 fully saturated rings. The normalized spacial score (nSPS) is 10.7. The molecule has 2 aromatic rings. The molecule has 1 heterocycles. The summed E-state index contributed by atoms with van der Waals surface area (Å²) in [5, 5.41) is 9.12. The van der Waals surface area contributed by atoms with Gasteiger partial charge in [0.15, 0.2) is 0 Å². The molecule has 0 bridgehead atoms. The van der Waals surface area contributed by atoms with E-state index in [0.29, 0.717) is 5.52 Å². The fourth-order valence-corrected chi connectivity index (χ4v) is 1.48. The van der Waals surface area contributed by atoms with Gasteiger partial charge in [-0.3, -0.25) is 0 Å². The number of halogens is 2. The lowest BCUT2D eigenvalue weighted by Gasteiger charge is -1.92. The van der Waals surface area contributed by atoms with Gasteiger partial charge in [0.25, 0.3) is 0 Å². The Hall–Kier alpha value is -1.55. The van der Waals surface area contributed by atoms with E-state index in [4.69, 9.17) is 16.7 Å². The van der Waals surface area contributed by atoms with E-state index in [-0.39, 0.29) is 16.1 Å². The van der Waals surface area contributed by atoms with Crippen molar-refractivity contribution in [1.82, 2.24) is 4.98 Å². The van der Waals surface area contributed by atoms with Crippen LogP contribution in [0.1, 0.15) is 10.5 Å². The molecule has 0 radical (unpaired) electrons. The van der Waals surface area contributed by atoms with Crippen LogP contribution in [0.15, 0.2) is 18.2 Å². The molecule has 0 saturated carbocycles. The zero-order chi connectivity index (χ0) is 10.3.